The number of amides is 1. The van der Waals surface area contributed by atoms with Gasteiger partial charge in [0.05, 0.1) is 10.5 Å². The summed E-state index contributed by atoms with van der Waals surface area (Å²) in [5.41, 5.74) is 9.70. The van der Waals surface area contributed by atoms with Crippen LogP contribution in [0.4, 0.5) is 5.69 Å². The van der Waals surface area contributed by atoms with Crippen LogP contribution in [0.2, 0.25) is 0 Å². The fraction of sp³-hybridized carbons (Fsp3) is 0.273. The summed E-state index contributed by atoms with van der Waals surface area (Å²) in [7, 11) is -3.81. The molecule has 0 saturated heterocycles. The molecule has 0 radical (unpaired) electrons. The van der Waals surface area contributed by atoms with Gasteiger partial charge < -0.3 is 11.5 Å². The van der Waals surface area contributed by atoms with Crippen LogP contribution < -0.4 is 11.5 Å². The zero-order valence-corrected chi connectivity index (χ0v) is 12.2. The topological polar surface area (TPSA) is 159 Å². The van der Waals surface area contributed by atoms with E-state index in [4.69, 9.17) is 11.5 Å². The highest BCUT2D eigenvalue weighted by atomic mass is 32.2. The van der Waals surface area contributed by atoms with Crippen molar-refractivity contribution >= 4 is 27.4 Å². The van der Waals surface area contributed by atoms with E-state index in [9.17, 15) is 23.3 Å². The van der Waals surface area contributed by atoms with Gasteiger partial charge >= 0.3 is 0 Å². The van der Waals surface area contributed by atoms with E-state index in [0.29, 0.717) is 5.56 Å². The van der Waals surface area contributed by atoms with Gasteiger partial charge in [0.15, 0.2) is 15.8 Å². The van der Waals surface area contributed by atoms with E-state index in [2.05, 4.69) is 4.99 Å². The van der Waals surface area contributed by atoms with Crippen molar-refractivity contribution in [1.82, 2.24) is 0 Å². The second-order valence-electron chi connectivity index (χ2n) is 4.20. The third-order valence-corrected chi connectivity index (χ3v) is 3.75. The van der Waals surface area contributed by atoms with Crippen molar-refractivity contribution in [3.8, 4) is 0 Å². The fourth-order valence-electron chi connectivity index (χ4n) is 1.72. The third-order valence-electron chi connectivity index (χ3n) is 2.62. The van der Waals surface area contributed by atoms with Crippen molar-refractivity contribution in [3.63, 3.8) is 0 Å². The highest BCUT2D eigenvalue weighted by Crippen LogP contribution is 2.28. The van der Waals surface area contributed by atoms with Gasteiger partial charge in [-0.1, -0.05) is 6.92 Å². The highest BCUT2D eigenvalue weighted by Gasteiger charge is 2.26. The van der Waals surface area contributed by atoms with E-state index < -0.39 is 37.2 Å². The number of aliphatic imine (C=N–C) groups is 1. The number of aryl methyl sites for hydroxylation is 1. The number of nitrogens with zero attached hydrogens (tertiary/aromatic N) is 2. The van der Waals surface area contributed by atoms with Gasteiger partial charge in [-0.3, -0.25) is 14.9 Å². The van der Waals surface area contributed by atoms with Crippen molar-refractivity contribution in [2.45, 2.75) is 18.2 Å². The Morgan fingerprint density at radius 3 is 2.33 bits per heavy atom. The molecule has 114 valence electrons. The van der Waals surface area contributed by atoms with Crippen LogP contribution in [0.1, 0.15) is 22.8 Å². The molecule has 0 aromatic heterocycles. The lowest BCUT2D eigenvalue weighted by molar-refractivity contribution is -0.387. The standard InChI is InChI=1S/C11H14N4O5S/c1-3-6-4-9(21(2,19)20)8(15(17)18)5-7(6)10(16)14-11(12)13/h4-5H,3H2,1-2H3,(H4,12,13,14,16). The van der Waals surface area contributed by atoms with Crippen molar-refractivity contribution in [3.05, 3.63) is 33.4 Å². The van der Waals surface area contributed by atoms with Gasteiger partial charge in [-0.25, -0.2) is 8.42 Å². The molecule has 0 saturated carbocycles. The summed E-state index contributed by atoms with van der Waals surface area (Å²) >= 11 is 0. The first-order valence-electron chi connectivity index (χ1n) is 5.73. The van der Waals surface area contributed by atoms with Gasteiger partial charge in [0, 0.05) is 12.3 Å². The number of nitrogens with two attached hydrogens (primary N) is 2. The van der Waals surface area contributed by atoms with Crippen LogP contribution in [0.15, 0.2) is 22.0 Å². The predicted octanol–water partition coefficient (Wildman–Crippen LogP) is -0.0257. The molecule has 0 atom stereocenters. The van der Waals surface area contributed by atoms with Gasteiger partial charge in [-0.05, 0) is 18.1 Å². The molecule has 0 fully saturated rings. The zero-order valence-electron chi connectivity index (χ0n) is 11.4. The lowest BCUT2D eigenvalue weighted by Crippen LogP contribution is -2.24. The normalized spacial score (nSPS) is 11.0. The highest BCUT2D eigenvalue weighted by molar-refractivity contribution is 7.90. The number of hydrogen-bond acceptors (Lipinski definition) is 5. The van der Waals surface area contributed by atoms with Crippen molar-refractivity contribution in [2.75, 3.05) is 6.26 Å². The molecule has 0 aliphatic heterocycles. The quantitative estimate of drug-likeness (QED) is 0.341. The number of carbonyl (C=O) groups excluding carboxylic acids is 1. The fourth-order valence-corrected chi connectivity index (χ4v) is 2.59. The van der Waals surface area contributed by atoms with Crippen LogP contribution in [0.5, 0.6) is 0 Å². The molecular weight excluding hydrogens is 300 g/mol. The molecule has 1 amide bonds. The summed E-state index contributed by atoms with van der Waals surface area (Å²) in [5, 5.41) is 11.0. The summed E-state index contributed by atoms with van der Waals surface area (Å²) in [4.78, 5) is 24.8. The van der Waals surface area contributed by atoms with Gasteiger partial charge in [0.25, 0.3) is 11.6 Å². The van der Waals surface area contributed by atoms with E-state index in [-0.39, 0.29) is 12.0 Å². The second kappa shape index (κ2) is 5.87. The number of nitro groups is 1. The van der Waals surface area contributed by atoms with E-state index >= 15 is 0 Å². The van der Waals surface area contributed by atoms with Gasteiger partial charge in [0.1, 0.15) is 4.90 Å². The van der Waals surface area contributed by atoms with E-state index in [1.165, 1.54) is 0 Å². The van der Waals surface area contributed by atoms with Crippen molar-refractivity contribution in [1.29, 1.82) is 0 Å². The number of hydrogen-bond donors (Lipinski definition) is 2. The van der Waals surface area contributed by atoms with Crippen LogP contribution in [0, 0.1) is 10.1 Å². The first kappa shape index (κ1) is 16.6. The molecule has 0 aliphatic carbocycles. The minimum atomic E-state index is -3.81. The molecule has 0 aliphatic rings. The van der Waals surface area contributed by atoms with Crippen molar-refractivity contribution < 1.29 is 18.1 Å². The molecule has 0 heterocycles. The van der Waals surface area contributed by atoms with E-state index in [0.717, 1.165) is 18.4 Å². The summed E-state index contributed by atoms with van der Waals surface area (Å²) < 4.78 is 23.3. The van der Waals surface area contributed by atoms with Gasteiger partial charge in [-0.2, -0.15) is 4.99 Å². The summed E-state index contributed by atoms with van der Waals surface area (Å²) in [6.07, 6.45) is 1.13. The summed E-state index contributed by atoms with van der Waals surface area (Å²) in [5.74, 6) is -1.35. The maximum absolute atomic E-state index is 11.9. The van der Waals surface area contributed by atoms with E-state index in [1.807, 2.05) is 0 Å². The average molecular weight is 314 g/mol. The predicted molar refractivity (Wildman–Crippen MR) is 75.7 cm³/mol. The SMILES string of the molecule is CCc1cc(S(C)(=O)=O)c([N+](=O)[O-])cc1C(=O)N=C(N)N. The lowest BCUT2D eigenvalue weighted by Gasteiger charge is -2.08. The van der Waals surface area contributed by atoms with Crippen LogP contribution in [-0.4, -0.2) is 31.5 Å². The number of guanidine groups is 1. The minimum Gasteiger partial charge on any atom is -0.370 e. The molecular formula is C11H14N4O5S. The first-order chi connectivity index (χ1) is 9.57. The van der Waals surface area contributed by atoms with Gasteiger partial charge in [-0.15, -0.1) is 0 Å². The Kier molecular flexibility index (Phi) is 4.63. The molecule has 0 bridgehead atoms. The van der Waals surface area contributed by atoms with Crippen LogP contribution >= 0.6 is 0 Å². The molecule has 0 spiro atoms. The summed E-state index contributed by atoms with van der Waals surface area (Å²) in [6, 6.07) is 1.98. The maximum Gasteiger partial charge on any atom is 0.288 e. The minimum absolute atomic E-state index is 0.106. The summed E-state index contributed by atoms with van der Waals surface area (Å²) in [6.45, 7) is 1.67. The van der Waals surface area contributed by atoms with Gasteiger partial charge in [0.2, 0.25) is 0 Å². The number of rotatable bonds is 4. The Morgan fingerprint density at radius 1 is 1.38 bits per heavy atom. The first-order valence-corrected chi connectivity index (χ1v) is 7.62. The Balaban J connectivity index is 3.70. The number of sulfone groups is 1. The molecule has 21 heavy (non-hydrogen) atoms. The van der Waals surface area contributed by atoms with Crippen molar-refractivity contribution in [2.24, 2.45) is 16.5 Å². The molecule has 1 aromatic rings. The Hall–Kier alpha value is -2.49. The number of nitro benzene ring substituents is 1. The monoisotopic (exact) mass is 314 g/mol. The lowest BCUT2D eigenvalue weighted by atomic mass is 10.0. The molecule has 4 N–H and O–H groups in total. The molecule has 9 nitrogen and oxygen atoms in total. The number of carbonyl (C=O) groups is 1. The maximum atomic E-state index is 11.9. The largest absolute Gasteiger partial charge is 0.370 e. The Morgan fingerprint density at radius 2 is 1.95 bits per heavy atom. The Bertz CT molecular complexity index is 735. The Labute approximate surface area is 120 Å². The average Bonchev–Trinajstić information content (AvgIpc) is 2.34. The zero-order chi connectivity index (χ0) is 16.4. The number of benzene rings is 1. The second-order valence-corrected chi connectivity index (χ2v) is 6.19. The van der Waals surface area contributed by atoms with Crippen LogP contribution in [0.25, 0.3) is 0 Å². The molecule has 0 unspecified atom stereocenters. The third kappa shape index (κ3) is 3.75. The molecule has 1 rings (SSSR count). The smallest absolute Gasteiger partial charge is 0.288 e. The molecule has 1 aromatic carbocycles. The van der Waals surface area contributed by atoms with Crippen LogP contribution in [-0.2, 0) is 16.3 Å². The van der Waals surface area contributed by atoms with E-state index in [1.54, 1.807) is 6.92 Å². The van der Waals surface area contributed by atoms with Crippen LogP contribution in [0.3, 0.4) is 0 Å². The molecule has 10 heteroatoms.